The van der Waals surface area contributed by atoms with Crippen molar-refractivity contribution in [3.05, 3.63) is 77.4 Å². The highest BCUT2D eigenvalue weighted by Gasteiger charge is 2.30. The zero-order valence-electron chi connectivity index (χ0n) is 15.7. The lowest BCUT2D eigenvalue weighted by Crippen LogP contribution is -2.09. The van der Waals surface area contributed by atoms with Crippen molar-refractivity contribution in [3.63, 3.8) is 0 Å². The molecule has 152 valence electrons. The van der Waals surface area contributed by atoms with Crippen molar-refractivity contribution in [1.82, 2.24) is 4.98 Å². The molecule has 0 aliphatic heterocycles. The predicted molar refractivity (Wildman–Crippen MR) is 106 cm³/mol. The van der Waals surface area contributed by atoms with E-state index in [1.807, 2.05) is 6.07 Å². The lowest BCUT2D eigenvalue weighted by molar-refractivity contribution is -0.137. The van der Waals surface area contributed by atoms with Crippen LogP contribution < -0.4 is 0 Å². The number of halogens is 3. The summed E-state index contributed by atoms with van der Waals surface area (Å²) in [4.78, 5) is 17.2. The molecular formula is C22H15F3N2O2S. The number of pyridine rings is 1. The van der Waals surface area contributed by atoms with Gasteiger partial charge in [-0.1, -0.05) is 48.2 Å². The normalized spacial score (nSPS) is 11.0. The molecule has 0 N–H and O–H groups in total. The first-order valence-electron chi connectivity index (χ1n) is 8.86. The number of nitriles is 1. The van der Waals surface area contributed by atoms with Gasteiger partial charge in [-0.3, -0.25) is 0 Å². The third kappa shape index (κ3) is 4.81. The molecule has 4 nitrogen and oxygen atoms in total. The van der Waals surface area contributed by atoms with Crippen molar-refractivity contribution in [1.29, 1.82) is 5.26 Å². The summed E-state index contributed by atoms with van der Waals surface area (Å²) in [7, 11) is 0. The molecule has 2 aromatic carbocycles. The van der Waals surface area contributed by atoms with Crippen LogP contribution in [0.15, 0.2) is 70.6 Å². The average molecular weight is 428 g/mol. The van der Waals surface area contributed by atoms with Gasteiger partial charge < -0.3 is 4.74 Å². The van der Waals surface area contributed by atoms with Crippen molar-refractivity contribution >= 4 is 17.7 Å². The topological polar surface area (TPSA) is 63.0 Å². The van der Waals surface area contributed by atoms with Crippen LogP contribution in [-0.4, -0.2) is 17.6 Å². The second kappa shape index (κ2) is 9.01. The monoisotopic (exact) mass is 428 g/mol. The number of carbonyl (C=O) groups excluding carboxylic acids is 1. The molecule has 0 aliphatic rings. The minimum atomic E-state index is -4.48. The van der Waals surface area contributed by atoms with Gasteiger partial charge in [0.2, 0.25) is 0 Å². The highest BCUT2D eigenvalue weighted by molar-refractivity contribution is 7.99. The lowest BCUT2D eigenvalue weighted by Gasteiger charge is -2.13. The summed E-state index contributed by atoms with van der Waals surface area (Å²) >= 11 is 0.926. The SMILES string of the molecule is CCOC(=O)c1cc(C#N)c(Sc2cccc(C(F)(F)F)c2)nc1-c1ccccc1. The van der Waals surface area contributed by atoms with Crippen LogP contribution in [0.2, 0.25) is 0 Å². The quantitative estimate of drug-likeness (QED) is 0.469. The first-order valence-corrected chi connectivity index (χ1v) is 9.68. The first-order chi connectivity index (χ1) is 14.3. The van der Waals surface area contributed by atoms with Crippen LogP contribution in [0.5, 0.6) is 0 Å². The number of benzene rings is 2. The number of alkyl halides is 3. The minimum absolute atomic E-state index is 0.0696. The maximum atomic E-state index is 13.0. The zero-order chi connectivity index (χ0) is 21.7. The van der Waals surface area contributed by atoms with Crippen LogP contribution >= 0.6 is 11.8 Å². The van der Waals surface area contributed by atoms with Gasteiger partial charge in [0.15, 0.2) is 0 Å². The van der Waals surface area contributed by atoms with E-state index < -0.39 is 17.7 Å². The third-order valence-electron chi connectivity index (χ3n) is 4.03. The number of hydrogen-bond acceptors (Lipinski definition) is 5. The summed E-state index contributed by atoms with van der Waals surface area (Å²) in [5.74, 6) is -0.629. The predicted octanol–water partition coefficient (Wildman–Crippen LogP) is 5.97. The molecule has 0 amide bonds. The third-order valence-corrected chi connectivity index (χ3v) is 5.02. The molecular weight excluding hydrogens is 413 g/mol. The fraction of sp³-hybridized carbons (Fsp3) is 0.136. The molecule has 0 bridgehead atoms. The number of carbonyl (C=O) groups is 1. The van der Waals surface area contributed by atoms with Crippen molar-refractivity contribution < 1.29 is 22.7 Å². The van der Waals surface area contributed by atoms with E-state index in [2.05, 4.69) is 4.98 Å². The van der Waals surface area contributed by atoms with Gasteiger partial charge in [0.05, 0.1) is 29.0 Å². The lowest BCUT2D eigenvalue weighted by atomic mass is 10.0. The van der Waals surface area contributed by atoms with Gasteiger partial charge in [0.25, 0.3) is 0 Å². The standard InChI is InChI=1S/C22H15F3N2O2S/c1-2-29-21(28)18-11-15(13-26)20(27-19(18)14-7-4-3-5-8-14)30-17-10-6-9-16(12-17)22(23,24)25/h3-12H,2H2,1H3. The Bertz CT molecular complexity index is 1110. The molecule has 0 unspecified atom stereocenters. The summed E-state index contributed by atoms with van der Waals surface area (Å²) in [6, 6.07) is 16.9. The Morgan fingerprint density at radius 2 is 1.87 bits per heavy atom. The number of hydrogen-bond donors (Lipinski definition) is 0. The van der Waals surface area contributed by atoms with Crippen molar-refractivity contribution in [2.24, 2.45) is 0 Å². The minimum Gasteiger partial charge on any atom is -0.462 e. The molecule has 0 saturated heterocycles. The second-order valence-corrected chi connectivity index (χ2v) is 7.13. The van der Waals surface area contributed by atoms with Gasteiger partial charge in [0, 0.05) is 10.5 Å². The largest absolute Gasteiger partial charge is 0.462 e. The molecule has 3 rings (SSSR count). The molecule has 0 saturated carbocycles. The smallest absolute Gasteiger partial charge is 0.416 e. The zero-order valence-corrected chi connectivity index (χ0v) is 16.6. The highest BCUT2D eigenvalue weighted by atomic mass is 32.2. The fourth-order valence-corrected chi connectivity index (χ4v) is 3.59. The van der Waals surface area contributed by atoms with Gasteiger partial charge in [0.1, 0.15) is 11.1 Å². The summed E-state index contributed by atoms with van der Waals surface area (Å²) < 4.78 is 44.2. The Labute approximate surface area is 175 Å². The first kappa shape index (κ1) is 21.4. The molecule has 0 fully saturated rings. The van der Waals surface area contributed by atoms with Crippen molar-refractivity contribution in [2.75, 3.05) is 6.61 Å². The maximum absolute atomic E-state index is 13.0. The molecule has 0 spiro atoms. The average Bonchev–Trinajstić information content (AvgIpc) is 2.74. The Kier molecular flexibility index (Phi) is 6.43. The van der Waals surface area contributed by atoms with E-state index in [4.69, 9.17) is 4.74 Å². The van der Waals surface area contributed by atoms with Gasteiger partial charge in [-0.25, -0.2) is 9.78 Å². The molecule has 30 heavy (non-hydrogen) atoms. The van der Waals surface area contributed by atoms with E-state index in [-0.39, 0.29) is 27.7 Å². The van der Waals surface area contributed by atoms with Gasteiger partial charge >= 0.3 is 12.1 Å². The van der Waals surface area contributed by atoms with E-state index in [0.29, 0.717) is 11.3 Å². The highest BCUT2D eigenvalue weighted by Crippen LogP contribution is 2.36. The van der Waals surface area contributed by atoms with Crippen molar-refractivity contribution in [2.45, 2.75) is 23.0 Å². The number of ether oxygens (including phenoxy) is 1. The van der Waals surface area contributed by atoms with Crippen LogP contribution in [0.3, 0.4) is 0 Å². The summed E-state index contributed by atoms with van der Waals surface area (Å²) in [5.41, 5.74) is 0.309. The summed E-state index contributed by atoms with van der Waals surface area (Å²) in [6.07, 6.45) is -4.48. The Balaban J connectivity index is 2.12. The molecule has 0 atom stereocenters. The molecule has 3 aromatic rings. The molecule has 1 heterocycles. The maximum Gasteiger partial charge on any atom is 0.416 e. The van der Waals surface area contributed by atoms with E-state index in [9.17, 15) is 23.2 Å². The fourth-order valence-electron chi connectivity index (χ4n) is 2.68. The van der Waals surface area contributed by atoms with Crippen LogP contribution in [0, 0.1) is 11.3 Å². The Morgan fingerprint density at radius 1 is 1.13 bits per heavy atom. The number of aromatic nitrogens is 1. The number of nitrogens with zero attached hydrogens (tertiary/aromatic N) is 2. The second-order valence-electron chi connectivity index (χ2n) is 6.06. The molecule has 8 heteroatoms. The van der Waals surface area contributed by atoms with E-state index >= 15 is 0 Å². The van der Waals surface area contributed by atoms with Crippen LogP contribution in [0.1, 0.15) is 28.4 Å². The van der Waals surface area contributed by atoms with E-state index in [1.54, 1.807) is 37.3 Å². The summed E-state index contributed by atoms with van der Waals surface area (Å²) in [5, 5.41) is 9.74. The Morgan fingerprint density at radius 3 is 2.50 bits per heavy atom. The summed E-state index contributed by atoms with van der Waals surface area (Å²) in [6.45, 7) is 1.81. The molecule has 0 radical (unpaired) electrons. The molecule has 1 aromatic heterocycles. The number of esters is 1. The van der Waals surface area contributed by atoms with E-state index in [0.717, 1.165) is 23.9 Å². The Hall–Kier alpha value is -3.31. The van der Waals surface area contributed by atoms with Gasteiger partial charge in [-0.2, -0.15) is 18.4 Å². The van der Waals surface area contributed by atoms with E-state index in [1.165, 1.54) is 18.2 Å². The van der Waals surface area contributed by atoms with Crippen LogP contribution in [0.25, 0.3) is 11.3 Å². The van der Waals surface area contributed by atoms with Crippen LogP contribution in [-0.2, 0) is 10.9 Å². The van der Waals surface area contributed by atoms with Crippen LogP contribution in [0.4, 0.5) is 13.2 Å². The van der Waals surface area contributed by atoms with Gasteiger partial charge in [-0.05, 0) is 31.2 Å². The van der Waals surface area contributed by atoms with Gasteiger partial charge in [-0.15, -0.1) is 0 Å². The van der Waals surface area contributed by atoms with Crippen molar-refractivity contribution in [3.8, 4) is 17.3 Å². The number of rotatable bonds is 5. The molecule has 0 aliphatic carbocycles.